The summed E-state index contributed by atoms with van der Waals surface area (Å²) in [4.78, 5) is 20.3. The molecule has 0 fully saturated rings. The molecule has 19 heavy (non-hydrogen) atoms. The first-order valence-corrected chi connectivity index (χ1v) is 7.12. The Labute approximate surface area is 115 Å². The lowest BCUT2D eigenvalue weighted by Gasteiger charge is -2.05. The predicted octanol–water partition coefficient (Wildman–Crippen LogP) is 2.07. The van der Waals surface area contributed by atoms with Crippen LogP contribution in [0.4, 0.5) is 0 Å². The van der Waals surface area contributed by atoms with Crippen molar-refractivity contribution in [1.82, 2.24) is 15.3 Å². The second-order valence-corrected chi connectivity index (χ2v) is 4.74. The van der Waals surface area contributed by atoms with E-state index in [2.05, 4.69) is 15.3 Å². The van der Waals surface area contributed by atoms with Crippen molar-refractivity contribution < 1.29 is 9.21 Å². The maximum atomic E-state index is 12.0. The molecule has 0 unspecified atom stereocenters. The number of nitrogens with one attached hydrogen (secondary N) is 1. The first kappa shape index (κ1) is 13.6. The molecule has 2 aromatic rings. The summed E-state index contributed by atoms with van der Waals surface area (Å²) >= 11 is 1.42. The molecule has 0 saturated heterocycles. The molecule has 0 aliphatic carbocycles. The van der Waals surface area contributed by atoms with Crippen LogP contribution in [0.15, 0.2) is 34.0 Å². The van der Waals surface area contributed by atoms with Gasteiger partial charge in [0.1, 0.15) is 11.5 Å². The number of thioether (sulfide) groups is 1. The second-order valence-electron chi connectivity index (χ2n) is 3.97. The normalized spacial score (nSPS) is 10.4. The molecule has 0 bridgehead atoms. The van der Waals surface area contributed by atoms with Gasteiger partial charge in [0.05, 0.1) is 6.26 Å². The topological polar surface area (TPSA) is 68.0 Å². The molecule has 100 valence electrons. The lowest BCUT2D eigenvalue weighted by molar-refractivity contribution is 0.0947. The predicted molar refractivity (Wildman–Crippen MR) is 73.3 cm³/mol. The fourth-order valence-corrected chi connectivity index (χ4v) is 2.02. The Morgan fingerprint density at radius 3 is 3.00 bits per heavy atom. The number of carbonyl (C=O) groups excluding carboxylic acids is 1. The van der Waals surface area contributed by atoms with Gasteiger partial charge in [0, 0.05) is 18.7 Å². The number of carbonyl (C=O) groups is 1. The highest BCUT2D eigenvalue weighted by Gasteiger charge is 2.10. The SMILES string of the molecule is CSc1nc(C)cc(C(=O)NCCc2ccco2)n1. The quantitative estimate of drug-likeness (QED) is 0.669. The van der Waals surface area contributed by atoms with Crippen LogP contribution in [0.5, 0.6) is 0 Å². The molecule has 1 N–H and O–H groups in total. The van der Waals surface area contributed by atoms with Crippen molar-refractivity contribution in [2.75, 3.05) is 12.8 Å². The van der Waals surface area contributed by atoms with Crippen molar-refractivity contribution in [1.29, 1.82) is 0 Å². The molecule has 2 aromatic heterocycles. The molecule has 5 nitrogen and oxygen atoms in total. The summed E-state index contributed by atoms with van der Waals surface area (Å²) in [6.07, 6.45) is 4.17. The molecule has 6 heteroatoms. The van der Waals surface area contributed by atoms with E-state index in [0.717, 1.165) is 11.5 Å². The van der Waals surface area contributed by atoms with Crippen LogP contribution in [0, 0.1) is 6.92 Å². The smallest absolute Gasteiger partial charge is 0.270 e. The number of hydrogen-bond acceptors (Lipinski definition) is 5. The summed E-state index contributed by atoms with van der Waals surface area (Å²) in [6, 6.07) is 5.39. The lowest BCUT2D eigenvalue weighted by atomic mass is 10.3. The van der Waals surface area contributed by atoms with Crippen molar-refractivity contribution in [3.05, 3.63) is 41.6 Å². The highest BCUT2D eigenvalue weighted by atomic mass is 32.2. The lowest BCUT2D eigenvalue weighted by Crippen LogP contribution is -2.26. The van der Waals surface area contributed by atoms with E-state index in [0.29, 0.717) is 23.8 Å². The van der Waals surface area contributed by atoms with Crippen molar-refractivity contribution in [2.45, 2.75) is 18.5 Å². The molecule has 0 saturated carbocycles. The van der Waals surface area contributed by atoms with Gasteiger partial charge in [-0.15, -0.1) is 0 Å². The second kappa shape index (κ2) is 6.38. The maximum absolute atomic E-state index is 12.0. The minimum atomic E-state index is -0.188. The molecular formula is C13H15N3O2S. The average Bonchev–Trinajstić information content (AvgIpc) is 2.91. The Kier molecular flexibility index (Phi) is 4.57. The van der Waals surface area contributed by atoms with Gasteiger partial charge in [0.2, 0.25) is 0 Å². The summed E-state index contributed by atoms with van der Waals surface area (Å²) in [5.74, 6) is 0.663. The maximum Gasteiger partial charge on any atom is 0.270 e. The monoisotopic (exact) mass is 277 g/mol. The van der Waals surface area contributed by atoms with Gasteiger partial charge in [-0.3, -0.25) is 4.79 Å². The van der Waals surface area contributed by atoms with Crippen LogP contribution < -0.4 is 5.32 Å². The van der Waals surface area contributed by atoms with Crippen LogP contribution in [0.2, 0.25) is 0 Å². The minimum absolute atomic E-state index is 0.188. The molecule has 0 spiro atoms. The Hall–Kier alpha value is -1.82. The molecular weight excluding hydrogens is 262 g/mol. The number of rotatable bonds is 5. The molecule has 2 rings (SSSR count). The molecule has 0 aliphatic rings. The first-order valence-electron chi connectivity index (χ1n) is 5.89. The zero-order valence-corrected chi connectivity index (χ0v) is 11.7. The molecule has 2 heterocycles. The van der Waals surface area contributed by atoms with Gasteiger partial charge < -0.3 is 9.73 Å². The van der Waals surface area contributed by atoms with E-state index in [1.165, 1.54) is 11.8 Å². The van der Waals surface area contributed by atoms with Crippen molar-refractivity contribution in [2.24, 2.45) is 0 Å². The van der Waals surface area contributed by atoms with Gasteiger partial charge in [-0.1, -0.05) is 11.8 Å². The van der Waals surface area contributed by atoms with Gasteiger partial charge in [-0.25, -0.2) is 9.97 Å². The highest BCUT2D eigenvalue weighted by Crippen LogP contribution is 2.10. The summed E-state index contributed by atoms with van der Waals surface area (Å²) in [7, 11) is 0. The highest BCUT2D eigenvalue weighted by molar-refractivity contribution is 7.98. The summed E-state index contributed by atoms with van der Waals surface area (Å²) in [6.45, 7) is 2.37. The summed E-state index contributed by atoms with van der Waals surface area (Å²) < 4.78 is 5.20. The summed E-state index contributed by atoms with van der Waals surface area (Å²) in [5.41, 5.74) is 1.19. The Morgan fingerprint density at radius 1 is 1.47 bits per heavy atom. The van der Waals surface area contributed by atoms with Crippen LogP contribution in [-0.4, -0.2) is 28.7 Å². The van der Waals surface area contributed by atoms with Gasteiger partial charge in [-0.2, -0.15) is 0 Å². The van der Waals surface area contributed by atoms with Gasteiger partial charge in [-0.05, 0) is 31.4 Å². The third-order valence-electron chi connectivity index (χ3n) is 2.49. The fourth-order valence-electron chi connectivity index (χ4n) is 1.59. The van der Waals surface area contributed by atoms with Crippen molar-refractivity contribution >= 4 is 17.7 Å². The number of aryl methyl sites for hydroxylation is 1. The number of amides is 1. The zero-order chi connectivity index (χ0) is 13.7. The molecule has 0 radical (unpaired) electrons. The summed E-state index contributed by atoms with van der Waals surface area (Å²) in [5, 5.41) is 3.42. The molecule has 0 aliphatic heterocycles. The van der Waals surface area contributed by atoms with E-state index < -0.39 is 0 Å². The van der Waals surface area contributed by atoms with E-state index in [4.69, 9.17) is 4.42 Å². The van der Waals surface area contributed by atoms with Crippen LogP contribution in [0.3, 0.4) is 0 Å². The fraction of sp³-hybridized carbons (Fsp3) is 0.308. The number of hydrogen-bond donors (Lipinski definition) is 1. The van der Waals surface area contributed by atoms with Gasteiger partial charge in [0.25, 0.3) is 5.91 Å². The average molecular weight is 277 g/mol. The van der Waals surface area contributed by atoms with Crippen LogP contribution in [0.25, 0.3) is 0 Å². The largest absolute Gasteiger partial charge is 0.469 e. The molecule has 0 atom stereocenters. The number of furan rings is 1. The Balaban J connectivity index is 1.94. The van der Waals surface area contributed by atoms with E-state index in [1.807, 2.05) is 25.3 Å². The Bertz CT molecular complexity index is 555. The van der Waals surface area contributed by atoms with Crippen LogP contribution >= 0.6 is 11.8 Å². The molecule has 0 aromatic carbocycles. The van der Waals surface area contributed by atoms with E-state index in [-0.39, 0.29) is 5.91 Å². The Morgan fingerprint density at radius 2 is 2.32 bits per heavy atom. The third kappa shape index (κ3) is 3.82. The van der Waals surface area contributed by atoms with Crippen molar-refractivity contribution in [3.63, 3.8) is 0 Å². The molecule has 1 amide bonds. The van der Waals surface area contributed by atoms with E-state index >= 15 is 0 Å². The first-order chi connectivity index (χ1) is 9.19. The van der Waals surface area contributed by atoms with Gasteiger partial charge in [0.15, 0.2) is 5.16 Å². The van der Waals surface area contributed by atoms with Crippen LogP contribution in [-0.2, 0) is 6.42 Å². The third-order valence-corrected chi connectivity index (χ3v) is 3.03. The van der Waals surface area contributed by atoms with E-state index in [1.54, 1.807) is 12.3 Å². The standard InChI is InChI=1S/C13H15N3O2S/c1-9-8-11(16-13(15-9)19-2)12(17)14-6-5-10-4-3-7-18-10/h3-4,7-8H,5-6H2,1-2H3,(H,14,17). The minimum Gasteiger partial charge on any atom is -0.469 e. The van der Waals surface area contributed by atoms with Gasteiger partial charge >= 0.3 is 0 Å². The zero-order valence-electron chi connectivity index (χ0n) is 10.8. The van der Waals surface area contributed by atoms with E-state index in [9.17, 15) is 4.79 Å². The number of nitrogens with zero attached hydrogens (tertiary/aromatic N) is 2. The van der Waals surface area contributed by atoms with Crippen molar-refractivity contribution in [3.8, 4) is 0 Å². The number of aromatic nitrogens is 2. The van der Waals surface area contributed by atoms with Crippen LogP contribution in [0.1, 0.15) is 21.9 Å².